The number of ketones is 1. The summed E-state index contributed by atoms with van der Waals surface area (Å²) in [5, 5.41) is 40.3. The van der Waals surface area contributed by atoms with E-state index in [2.05, 4.69) is 0 Å². The number of nitrogens with zero attached hydrogens (tertiary/aromatic N) is 3. The predicted octanol–water partition coefficient (Wildman–Crippen LogP) is 3.05. The predicted molar refractivity (Wildman–Crippen MR) is 101 cm³/mol. The summed E-state index contributed by atoms with van der Waals surface area (Å²) in [6.45, 7) is 1.56. The van der Waals surface area contributed by atoms with Gasteiger partial charge in [0.05, 0.1) is 28.2 Å². The van der Waals surface area contributed by atoms with Crippen molar-refractivity contribution in [2.24, 2.45) is 0 Å². The van der Waals surface area contributed by atoms with Crippen molar-refractivity contribution < 1.29 is 24.7 Å². The fraction of sp³-hybridized carbons (Fsp3) is 0.150. The number of carbonyl (C=O) groups excluding carboxylic acids is 2. The summed E-state index contributed by atoms with van der Waals surface area (Å²) < 4.78 is 0. The molecule has 29 heavy (non-hydrogen) atoms. The second kappa shape index (κ2) is 7.44. The number of aromatic hydroxyl groups is 1. The van der Waals surface area contributed by atoms with Crippen LogP contribution >= 0.6 is 0 Å². The maximum Gasteiger partial charge on any atom is 0.311 e. The second-order valence-electron chi connectivity index (χ2n) is 6.28. The average molecular weight is 393 g/mol. The van der Waals surface area contributed by atoms with Crippen molar-refractivity contribution in [3.8, 4) is 11.8 Å². The lowest BCUT2D eigenvalue weighted by Gasteiger charge is -2.27. The van der Waals surface area contributed by atoms with Crippen LogP contribution in [0.4, 0.5) is 11.4 Å². The molecule has 1 atom stereocenters. The first-order valence-electron chi connectivity index (χ1n) is 8.57. The largest absolute Gasteiger partial charge is 0.503 e. The molecule has 2 aromatic rings. The topological polar surface area (TPSA) is 145 Å². The summed E-state index contributed by atoms with van der Waals surface area (Å²) in [5.74, 6) is -2.63. The van der Waals surface area contributed by atoms with Crippen LogP contribution in [0.25, 0.3) is 0 Å². The quantitative estimate of drug-likeness (QED) is 0.586. The number of amides is 1. The fourth-order valence-corrected chi connectivity index (χ4v) is 3.22. The standard InChI is InChI=1S/C20H15N3O6/c1-2-15(24)17-18(12-5-8-16(25)14(9-12)23(28)29)22(20(27)19(17)26)13-6-3-11(10-21)4-7-13/h3-9,18,25-26H,2H2,1H3. The number of nitro groups is 1. The Morgan fingerprint density at radius 2 is 1.90 bits per heavy atom. The van der Waals surface area contributed by atoms with Crippen LogP contribution in [0.1, 0.15) is 30.5 Å². The third-order valence-electron chi connectivity index (χ3n) is 4.62. The molecule has 2 N–H and O–H groups in total. The molecule has 0 bridgehead atoms. The van der Waals surface area contributed by atoms with Gasteiger partial charge in [0.15, 0.2) is 17.3 Å². The number of nitro benzene ring substituents is 1. The molecular weight excluding hydrogens is 378 g/mol. The van der Waals surface area contributed by atoms with Gasteiger partial charge in [0, 0.05) is 18.2 Å². The van der Waals surface area contributed by atoms with Crippen LogP contribution in [0.15, 0.2) is 53.8 Å². The average Bonchev–Trinajstić information content (AvgIpc) is 2.98. The molecule has 0 spiro atoms. The Kier molecular flexibility index (Phi) is 5.02. The highest BCUT2D eigenvalue weighted by Gasteiger charge is 2.44. The van der Waals surface area contributed by atoms with Crippen LogP contribution in [0, 0.1) is 21.4 Å². The van der Waals surface area contributed by atoms with Crippen LogP contribution in [0.2, 0.25) is 0 Å². The highest BCUT2D eigenvalue weighted by molar-refractivity contribution is 6.16. The number of hydrogen-bond acceptors (Lipinski definition) is 7. The van der Waals surface area contributed by atoms with Crippen molar-refractivity contribution in [2.45, 2.75) is 19.4 Å². The maximum absolute atomic E-state index is 12.8. The fourth-order valence-electron chi connectivity index (χ4n) is 3.22. The van der Waals surface area contributed by atoms with E-state index in [4.69, 9.17) is 5.26 Å². The molecule has 0 saturated carbocycles. The van der Waals surface area contributed by atoms with Gasteiger partial charge in [-0.2, -0.15) is 5.26 Å². The highest BCUT2D eigenvalue weighted by Crippen LogP contribution is 2.43. The number of anilines is 1. The first kappa shape index (κ1) is 19.6. The Hall–Kier alpha value is -4.19. The van der Waals surface area contributed by atoms with Gasteiger partial charge in [0.25, 0.3) is 5.91 Å². The van der Waals surface area contributed by atoms with Gasteiger partial charge in [-0.05, 0) is 35.9 Å². The van der Waals surface area contributed by atoms with Crippen molar-refractivity contribution in [3.63, 3.8) is 0 Å². The van der Waals surface area contributed by atoms with Crippen LogP contribution in [0.3, 0.4) is 0 Å². The Labute approximate surface area is 164 Å². The smallest absolute Gasteiger partial charge is 0.311 e. The van der Waals surface area contributed by atoms with Gasteiger partial charge < -0.3 is 10.2 Å². The molecule has 0 aliphatic carbocycles. The van der Waals surface area contributed by atoms with E-state index in [9.17, 15) is 29.9 Å². The van der Waals surface area contributed by atoms with E-state index in [1.54, 1.807) is 6.92 Å². The van der Waals surface area contributed by atoms with E-state index < -0.39 is 39.9 Å². The summed E-state index contributed by atoms with van der Waals surface area (Å²) in [4.78, 5) is 36.8. The number of aliphatic hydroxyl groups excluding tert-OH is 1. The molecule has 1 unspecified atom stereocenters. The minimum Gasteiger partial charge on any atom is -0.503 e. The zero-order valence-corrected chi connectivity index (χ0v) is 15.2. The molecule has 0 aromatic heterocycles. The van der Waals surface area contributed by atoms with Gasteiger partial charge in [0.2, 0.25) is 0 Å². The van der Waals surface area contributed by atoms with Crippen LogP contribution in [0.5, 0.6) is 5.75 Å². The van der Waals surface area contributed by atoms with Gasteiger partial charge in [-0.15, -0.1) is 0 Å². The lowest BCUT2D eigenvalue weighted by molar-refractivity contribution is -0.385. The molecule has 146 valence electrons. The zero-order chi connectivity index (χ0) is 21.3. The van der Waals surface area contributed by atoms with Crippen molar-refractivity contribution in [1.82, 2.24) is 0 Å². The summed E-state index contributed by atoms with van der Waals surface area (Å²) in [6.07, 6.45) is 0.00452. The van der Waals surface area contributed by atoms with Gasteiger partial charge in [-0.25, -0.2) is 0 Å². The number of aliphatic hydroxyl groups is 1. The number of phenols is 1. The number of nitriles is 1. The normalized spacial score (nSPS) is 16.1. The molecule has 2 aromatic carbocycles. The zero-order valence-electron chi connectivity index (χ0n) is 15.2. The van der Waals surface area contributed by atoms with Gasteiger partial charge in [-0.3, -0.25) is 24.6 Å². The minimum atomic E-state index is -1.12. The summed E-state index contributed by atoms with van der Waals surface area (Å²) in [7, 11) is 0. The van der Waals surface area contributed by atoms with E-state index in [0.29, 0.717) is 11.3 Å². The van der Waals surface area contributed by atoms with Crippen molar-refractivity contribution >= 4 is 23.1 Å². The van der Waals surface area contributed by atoms with Crippen molar-refractivity contribution in [1.29, 1.82) is 5.26 Å². The Balaban J connectivity index is 2.22. The maximum atomic E-state index is 12.8. The summed E-state index contributed by atoms with van der Waals surface area (Å²) in [6, 6.07) is 10.2. The molecule has 1 heterocycles. The van der Waals surface area contributed by atoms with Crippen LogP contribution in [-0.2, 0) is 9.59 Å². The molecule has 9 heteroatoms. The SMILES string of the molecule is CCC(=O)C1=C(O)C(=O)N(c2ccc(C#N)cc2)C1c1ccc(O)c([N+](=O)[O-])c1. The summed E-state index contributed by atoms with van der Waals surface area (Å²) in [5.41, 5.74) is 0.0405. The molecule has 3 rings (SSSR count). The molecule has 0 fully saturated rings. The number of benzene rings is 2. The van der Waals surface area contributed by atoms with E-state index in [1.807, 2.05) is 6.07 Å². The lowest BCUT2D eigenvalue weighted by atomic mass is 9.94. The Bertz CT molecular complexity index is 1100. The second-order valence-corrected chi connectivity index (χ2v) is 6.28. The molecule has 1 aliphatic rings. The molecule has 1 aliphatic heterocycles. The number of carbonyl (C=O) groups is 2. The van der Waals surface area contributed by atoms with Gasteiger partial charge in [0.1, 0.15) is 0 Å². The number of phenolic OH excluding ortho intramolecular Hbond substituents is 1. The third-order valence-corrected chi connectivity index (χ3v) is 4.62. The summed E-state index contributed by atoms with van der Waals surface area (Å²) >= 11 is 0. The monoisotopic (exact) mass is 393 g/mol. The molecule has 1 amide bonds. The van der Waals surface area contributed by atoms with E-state index >= 15 is 0 Å². The molecule has 9 nitrogen and oxygen atoms in total. The Morgan fingerprint density at radius 1 is 1.24 bits per heavy atom. The van der Waals surface area contributed by atoms with Crippen LogP contribution in [-0.4, -0.2) is 26.8 Å². The molecular formula is C20H15N3O6. The van der Waals surface area contributed by atoms with Crippen molar-refractivity contribution in [3.05, 3.63) is 75.0 Å². The van der Waals surface area contributed by atoms with E-state index in [0.717, 1.165) is 17.0 Å². The lowest BCUT2D eigenvalue weighted by Crippen LogP contribution is -2.31. The van der Waals surface area contributed by atoms with Crippen molar-refractivity contribution in [2.75, 3.05) is 4.90 Å². The van der Waals surface area contributed by atoms with Crippen LogP contribution < -0.4 is 4.90 Å². The molecule has 0 saturated heterocycles. The van der Waals surface area contributed by atoms with Gasteiger partial charge >= 0.3 is 5.69 Å². The first-order chi connectivity index (χ1) is 13.8. The minimum absolute atomic E-state index is 0.00452. The highest BCUT2D eigenvalue weighted by atomic mass is 16.6. The first-order valence-corrected chi connectivity index (χ1v) is 8.57. The Morgan fingerprint density at radius 3 is 2.45 bits per heavy atom. The number of rotatable bonds is 5. The number of hydrogen-bond donors (Lipinski definition) is 2. The third kappa shape index (κ3) is 3.27. The number of Topliss-reactive ketones (excluding diaryl/α,β-unsaturated/α-hetero) is 1. The van der Waals surface area contributed by atoms with Gasteiger partial charge in [-0.1, -0.05) is 13.0 Å². The van der Waals surface area contributed by atoms with E-state index in [-0.39, 0.29) is 17.6 Å². The molecule has 0 radical (unpaired) electrons. The van der Waals surface area contributed by atoms with E-state index in [1.165, 1.54) is 30.3 Å².